The van der Waals surface area contributed by atoms with Crippen molar-refractivity contribution in [2.24, 2.45) is 11.7 Å². The molecule has 1 aliphatic heterocycles. The third-order valence-electron chi connectivity index (χ3n) is 4.15. The van der Waals surface area contributed by atoms with E-state index in [0.29, 0.717) is 12.5 Å². The molecule has 0 aliphatic carbocycles. The molecule has 2 rings (SSSR count). The summed E-state index contributed by atoms with van der Waals surface area (Å²) in [5.74, 6) is 1.45. The van der Waals surface area contributed by atoms with Crippen LogP contribution in [-0.4, -0.2) is 61.1 Å². The predicted octanol–water partition coefficient (Wildman–Crippen LogP) is 1.58. The molecular formula is C18H29N3O2. The number of nitrogens with zero attached hydrogens (tertiary/aromatic N) is 2. The van der Waals surface area contributed by atoms with E-state index in [1.54, 1.807) is 0 Å². The Kier molecular flexibility index (Phi) is 6.86. The molecule has 1 saturated heterocycles. The Morgan fingerprint density at radius 2 is 1.83 bits per heavy atom. The number of rotatable bonds is 7. The SMILES string of the molecule is CC(C)C[C@H](N)C(=O)N1CCN(CCOc2ccccc2)CC1. The molecule has 1 aliphatic rings. The molecule has 5 nitrogen and oxygen atoms in total. The van der Waals surface area contributed by atoms with Gasteiger partial charge in [0.25, 0.3) is 0 Å². The maximum atomic E-state index is 12.3. The molecule has 1 fully saturated rings. The van der Waals surface area contributed by atoms with E-state index >= 15 is 0 Å². The average Bonchev–Trinajstić information content (AvgIpc) is 2.55. The van der Waals surface area contributed by atoms with Crippen molar-refractivity contribution in [2.75, 3.05) is 39.3 Å². The quantitative estimate of drug-likeness (QED) is 0.829. The molecule has 0 spiro atoms. The van der Waals surface area contributed by atoms with E-state index in [1.165, 1.54) is 0 Å². The predicted molar refractivity (Wildman–Crippen MR) is 92.4 cm³/mol. The van der Waals surface area contributed by atoms with Crippen molar-refractivity contribution in [2.45, 2.75) is 26.3 Å². The van der Waals surface area contributed by atoms with Crippen molar-refractivity contribution in [1.29, 1.82) is 0 Å². The molecule has 1 atom stereocenters. The number of para-hydroxylation sites is 1. The zero-order chi connectivity index (χ0) is 16.7. The van der Waals surface area contributed by atoms with Gasteiger partial charge in [0, 0.05) is 32.7 Å². The van der Waals surface area contributed by atoms with Crippen LogP contribution in [0.1, 0.15) is 20.3 Å². The van der Waals surface area contributed by atoms with Gasteiger partial charge in [-0.05, 0) is 24.5 Å². The Balaban J connectivity index is 1.66. The van der Waals surface area contributed by atoms with E-state index in [0.717, 1.165) is 44.9 Å². The molecule has 0 radical (unpaired) electrons. The lowest BCUT2D eigenvalue weighted by molar-refractivity contribution is -0.134. The number of benzene rings is 1. The van der Waals surface area contributed by atoms with Crippen LogP contribution in [-0.2, 0) is 4.79 Å². The van der Waals surface area contributed by atoms with Gasteiger partial charge in [-0.25, -0.2) is 0 Å². The second-order valence-corrected chi connectivity index (χ2v) is 6.56. The van der Waals surface area contributed by atoms with Gasteiger partial charge in [0.2, 0.25) is 5.91 Å². The van der Waals surface area contributed by atoms with Gasteiger partial charge in [-0.3, -0.25) is 9.69 Å². The zero-order valence-corrected chi connectivity index (χ0v) is 14.3. The Morgan fingerprint density at radius 1 is 1.17 bits per heavy atom. The molecular weight excluding hydrogens is 290 g/mol. The van der Waals surface area contributed by atoms with Crippen LogP contribution in [0.15, 0.2) is 30.3 Å². The molecule has 1 heterocycles. The Bertz CT molecular complexity index is 470. The summed E-state index contributed by atoms with van der Waals surface area (Å²) in [4.78, 5) is 16.5. The Labute approximate surface area is 139 Å². The maximum absolute atomic E-state index is 12.3. The topological polar surface area (TPSA) is 58.8 Å². The minimum Gasteiger partial charge on any atom is -0.492 e. The lowest BCUT2D eigenvalue weighted by atomic mass is 10.0. The second-order valence-electron chi connectivity index (χ2n) is 6.56. The van der Waals surface area contributed by atoms with Crippen molar-refractivity contribution in [3.8, 4) is 5.75 Å². The van der Waals surface area contributed by atoms with Crippen molar-refractivity contribution in [3.63, 3.8) is 0 Å². The molecule has 23 heavy (non-hydrogen) atoms. The highest BCUT2D eigenvalue weighted by atomic mass is 16.5. The molecule has 128 valence electrons. The summed E-state index contributed by atoms with van der Waals surface area (Å²) in [6, 6.07) is 9.50. The fraction of sp³-hybridized carbons (Fsp3) is 0.611. The molecule has 1 aromatic rings. The monoisotopic (exact) mass is 319 g/mol. The number of carbonyl (C=O) groups excluding carboxylic acids is 1. The van der Waals surface area contributed by atoms with Gasteiger partial charge in [0.05, 0.1) is 6.04 Å². The van der Waals surface area contributed by atoms with E-state index in [9.17, 15) is 4.79 Å². The van der Waals surface area contributed by atoms with Crippen LogP contribution >= 0.6 is 0 Å². The normalized spacial score (nSPS) is 17.3. The molecule has 0 unspecified atom stereocenters. The van der Waals surface area contributed by atoms with Gasteiger partial charge in [-0.15, -0.1) is 0 Å². The first-order valence-corrected chi connectivity index (χ1v) is 8.51. The minimum atomic E-state index is -0.358. The summed E-state index contributed by atoms with van der Waals surface area (Å²) in [5, 5.41) is 0. The van der Waals surface area contributed by atoms with Gasteiger partial charge in [0.15, 0.2) is 0 Å². The average molecular weight is 319 g/mol. The lowest BCUT2D eigenvalue weighted by Gasteiger charge is -2.36. The van der Waals surface area contributed by atoms with Crippen molar-refractivity contribution in [1.82, 2.24) is 9.80 Å². The second kappa shape index (κ2) is 8.89. The maximum Gasteiger partial charge on any atom is 0.239 e. The number of hydrogen-bond acceptors (Lipinski definition) is 4. The highest BCUT2D eigenvalue weighted by molar-refractivity contribution is 5.81. The Morgan fingerprint density at radius 3 is 2.43 bits per heavy atom. The fourth-order valence-corrected chi connectivity index (χ4v) is 2.84. The van der Waals surface area contributed by atoms with E-state index in [1.807, 2.05) is 35.2 Å². The minimum absolute atomic E-state index is 0.0962. The zero-order valence-electron chi connectivity index (χ0n) is 14.3. The molecule has 1 amide bonds. The van der Waals surface area contributed by atoms with Gasteiger partial charge in [-0.2, -0.15) is 0 Å². The lowest BCUT2D eigenvalue weighted by Crippen LogP contribution is -2.53. The first-order valence-electron chi connectivity index (χ1n) is 8.51. The molecule has 0 bridgehead atoms. The first kappa shape index (κ1) is 17.8. The molecule has 5 heteroatoms. The van der Waals surface area contributed by atoms with Crippen molar-refractivity contribution in [3.05, 3.63) is 30.3 Å². The third-order valence-corrected chi connectivity index (χ3v) is 4.15. The van der Waals surface area contributed by atoms with Gasteiger partial charge >= 0.3 is 0 Å². The summed E-state index contributed by atoms with van der Waals surface area (Å²) in [5.41, 5.74) is 6.00. The van der Waals surface area contributed by atoms with E-state index < -0.39 is 0 Å². The number of nitrogens with two attached hydrogens (primary N) is 1. The summed E-state index contributed by atoms with van der Waals surface area (Å²) in [6.07, 6.45) is 0.754. The first-order chi connectivity index (χ1) is 11.1. The highest BCUT2D eigenvalue weighted by Crippen LogP contribution is 2.10. The Hall–Kier alpha value is -1.59. The summed E-state index contributed by atoms with van der Waals surface area (Å²) < 4.78 is 5.72. The van der Waals surface area contributed by atoms with Crippen molar-refractivity contribution < 1.29 is 9.53 Å². The summed E-state index contributed by atoms with van der Waals surface area (Å²) in [6.45, 7) is 9.04. The molecule has 0 saturated carbocycles. The van der Waals surface area contributed by atoms with Crippen molar-refractivity contribution >= 4 is 5.91 Å². The summed E-state index contributed by atoms with van der Waals surface area (Å²) >= 11 is 0. The standard InChI is InChI=1S/C18H29N3O2/c1-15(2)14-17(19)18(22)21-10-8-20(9-11-21)12-13-23-16-6-4-3-5-7-16/h3-7,15,17H,8-14,19H2,1-2H3/t17-/m0/s1. The van der Waals surface area contributed by atoms with E-state index in [2.05, 4.69) is 18.7 Å². The number of amides is 1. The summed E-state index contributed by atoms with van der Waals surface area (Å²) in [7, 11) is 0. The van der Waals surface area contributed by atoms with Crippen LogP contribution in [0.25, 0.3) is 0 Å². The van der Waals surface area contributed by atoms with Crippen LogP contribution in [0.3, 0.4) is 0 Å². The highest BCUT2D eigenvalue weighted by Gasteiger charge is 2.25. The third kappa shape index (κ3) is 5.84. The molecule has 2 N–H and O–H groups in total. The number of carbonyl (C=O) groups is 1. The number of hydrogen-bond donors (Lipinski definition) is 1. The number of piperazine rings is 1. The van der Waals surface area contributed by atoms with Crippen LogP contribution in [0.2, 0.25) is 0 Å². The van der Waals surface area contributed by atoms with Crippen LogP contribution in [0.5, 0.6) is 5.75 Å². The van der Waals surface area contributed by atoms with Gasteiger partial charge in [0.1, 0.15) is 12.4 Å². The molecule has 1 aromatic carbocycles. The van der Waals surface area contributed by atoms with Gasteiger partial charge in [-0.1, -0.05) is 32.0 Å². The van der Waals surface area contributed by atoms with Crippen LogP contribution < -0.4 is 10.5 Å². The smallest absolute Gasteiger partial charge is 0.239 e. The van der Waals surface area contributed by atoms with Crippen LogP contribution in [0, 0.1) is 5.92 Å². The molecule has 0 aromatic heterocycles. The fourth-order valence-electron chi connectivity index (χ4n) is 2.84. The number of ether oxygens (including phenoxy) is 1. The van der Waals surface area contributed by atoms with E-state index in [-0.39, 0.29) is 11.9 Å². The van der Waals surface area contributed by atoms with Gasteiger partial charge < -0.3 is 15.4 Å². The van der Waals surface area contributed by atoms with Crippen LogP contribution in [0.4, 0.5) is 0 Å². The largest absolute Gasteiger partial charge is 0.492 e. The van der Waals surface area contributed by atoms with E-state index in [4.69, 9.17) is 10.5 Å².